The number of ether oxygens (including phenoxy) is 3. The van der Waals surface area contributed by atoms with Crippen LogP contribution in [0.1, 0.15) is 52.7 Å². The summed E-state index contributed by atoms with van der Waals surface area (Å²) in [6.45, 7) is 13.4. The minimum Gasteiger partial charge on any atom is -0.492 e. The Morgan fingerprint density at radius 2 is 1.42 bits per heavy atom. The SMILES string of the molecule is COc1c(C(C)(C)C)cc(C(C)(C)C)c2c1OCO2. The van der Waals surface area contributed by atoms with Crippen LogP contribution in [0.25, 0.3) is 0 Å². The summed E-state index contributed by atoms with van der Waals surface area (Å²) in [7, 11) is 1.68. The van der Waals surface area contributed by atoms with Crippen molar-refractivity contribution in [3.8, 4) is 17.2 Å². The number of hydrogen-bond acceptors (Lipinski definition) is 3. The van der Waals surface area contributed by atoms with E-state index in [4.69, 9.17) is 14.2 Å². The normalized spacial score (nSPS) is 14.7. The average Bonchev–Trinajstić information content (AvgIpc) is 2.72. The van der Waals surface area contributed by atoms with Gasteiger partial charge in [0, 0.05) is 11.1 Å². The summed E-state index contributed by atoms with van der Waals surface area (Å²) in [5.74, 6) is 2.38. The van der Waals surface area contributed by atoms with Gasteiger partial charge in [0.25, 0.3) is 0 Å². The molecule has 1 heterocycles. The highest BCUT2D eigenvalue weighted by Gasteiger charge is 2.34. The van der Waals surface area contributed by atoms with E-state index in [0.717, 1.165) is 22.8 Å². The van der Waals surface area contributed by atoms with Gasteiger partial charge in [-0.1, -0.05) is 41.5 Å². The van der Waals surface area contributed by atoms with E-state index >= 15 is 0 Å². The highest BCUT2D eigenvalue weighted by Crippen LogP contribution is 2.51. The number of hydrogen-bond donors (Lipinski definition) is 0. The van der Waals surface area contributed by atoms with Crippen molar-refractivity contribution < 1.29 is 14.2 Å². The summed E-state index contributed by atoms with van der Waals surface area (Å²) in [6, 6.07) is 2.20. The lowest BCUT2D eigenvalue weighted by Gasteiger charge is -2.28. The van der Waals surface area contributed by atoms with Gasteiger partial charge in [0.05, 0.1) is 7.11 Å². The van der Waals surface area contributed by atoms with Gasteiger partial charge in [-0.2, -0.15) is 0 Å². The number of benzene rings is 1. The standard InChI is InChI=1S/C16H24O3/c1-15(2,3)10-8-11(16(4,5)6)13-14(12(10)17-7)19-9-18-13/h8H,9H2,1-7H3. The van der Waals surface area contributed by atoms with Crippen molar-refractivity contribution in [1.29, 1.82) is 0 Å². The van der Waals surface area contributed by atoms with E-state index in [1.54, 1.807) is 7.11 Å². The van der Waals surface area contributed by atoms with E-state index in [2.05, 4.69) is 47.6 Å². The minimum atomic E-state index is -0.00762. The molecule has 1 aliphatic rings. The van der Waals surface area contributed by atoms with Gasteiger partial charge in [-0.25, -0.2) is 0 Å². The predicted molar refractivity (Wildman–Crippen MR) is 76.5 cm³/mol. The Hall–Kier alpha value is -1.38. The maximum Gasteiger partial charge on any atom is 0.231 e. The van der Waals surface area contributed by atoms with Crippen LogP contribution in [0.3, 0.4) is 0 Å². The second-order valence-electron chi connectivity index (χ2n) is 7.07. The lowest BCUT2D eigenvalue weighted by Crippen LogP contribution is -2.18. The third-order valence-corrected chi connectivity index (χ3v) is 3.42. The molecule has 19 heavy (non-hydrogen) atoms. The molecule has 2 rings (SSSR count). The molecule has 0 bridgehead atoms. The fraction of sp³-hybridized carbons (Fsp3) is 0.625. The maximum absolute atomic E-state index is 5.66. The molecular weight excluding hydrogens is 240 g/mol. The first-order valence-corrected chi connectivity index (χ1v) is 6.68. The fourth-order valence-electron chi connectivity index (χ4n) is 2.36. The fourth-order valence-corrected chi connectivity index (χ4v) is 2.36. The van der Waals surface area contributed by atoms with Crippen LogP contribution in [0.2, 0.25) is 0 Å². The number of rotatable bonds is 1. The molecule has 0 saturated heterocycles. The molecule has 106 valence electrons. The van der Waals surface area contributed by atoms with Crippen molar-refractivity contribution in [1.82, 2.24) is 0 Å². The van der Waals surface area contributed by atoms with Gasteiger partial charge in [-0.15, -0.1) is 0 Å². The Bertz CT molecular complexity index is 490. The Kier molecular flexibility index (Phi) is 3.20. The lowest BCUT2D eigenvalue weighted by molar-refractivity contribution is 0.169. The molecule has 0 atom stereocenters. The summed E-state index contributed by atoms with van der Waals surface area (Å²) >= 11 is 0. The summed E-state index contributed by atoms with van der Waals surface area (Å²) in [6.07, 6.45) is 0. The smallest absolute Gasteiger partial charge is 0.231 e. The average molecular weight is 264 g/mol. The molecule has 0 spiro atoms. The summed E-state index contributed by atoms with van der Waals surface area (Å²) in [4.78, 5) is 0. The van der Waals surface area contributed by atoms with Crippen LogP contribution in [0.5, 0.6) is 17.2 Å². The van der Waals surface area contributed by atoms with Crippen molar-refractivity contribution in [2.24, 2.45) is 0 Å². The molecular formula is C16H24O3. The third-order valence-electron chi connectivity index (χ3n) is 3.42. The monoisotopic (exact) mass is 264 g/mol. The Labute approximate surface area is 115 Å². The summed E-state index contributed by atoms with van der Waals surface area (Å²) in [5.41, 5.74) is 2.33. The molecule has 0 fully saturated rings. The van der Waals surface area contributed by atoms with Crippen LogP contribution in [0, 0.1) is 0 Å². The van der Waals surface area contributed by atoms with Gasteiger partial charge in [-0.3, -0.25) is 0 Å². The second-order valence-corrected chi connectivity index (χ2v) is 7.07. The van der Waals surface area contributed by atoms with Crippen molar-refractivity contribution in [2.75, 3.05) is 13.9 Å². The highest BCUT2D eigenvalue weighted by atomic mass is 16.7. The van der Waals surface area contributed by atoms with E-state index < -0.39 is 0 Å². The van der Waals surface area contributed by atoms with Crippen LogP contribution >= 0.6 is 0 Å². The second kappa shape index (κ2) is 4.32. The minimum absolute atomic E-state index is 0.00402. The zero-order valence-electron chi connectivity index (χ0n) is 13.0. The first kappa shape index (κ1) is 14.0. The molecule has 0 N–H and O–H groups in total. The van der Waals surface area contributed by atoms with Crippen LogP contribution in [0.4, 0.5) is 0 Å². The van der Waals surface area contributed by atoms with E-state index in [-0.39, 0.29) is 17.6 Å². The zero-order chi connectivity index (χ0) is 14.4. The Morgan fingerprint density at radius 1 is 0.895 bits per heavy atom. The lowest BCUT2D eigenvalue weighted by atomic mass is 9.79. The van der Waals surface area contributed by atoms with Crippen molar-refractivity contribution in [3.05, 3.63) is 17.2 Å². The first-order valence-electron chi connectivity index (χ1n) is 6.68. The third kappa shape index (κ3) is 2.38. The topological polar surface area (TPSA) is 27.7 Å². The predicted octanol–water partition coefficient (Wildman–Crippen LogP) is 4.02. The van der Waals surface area contributed by atoms with E-state index in [1.165, 1.54) is 5.56 Å². The van der Waals surface area contributed by atoms with Gasteiger partial charge in [0.1, 0.15) is 0 Å². The molecule has 0 unspecified atom stereocenters. The van der Waals surface area contributed by atoms with Gasteiger partial charge >= 0.3 is 0 Å². The molecule has 1 aromatic rings. The zero-order valence-corrected chi connectivity index (χ0v) is 13.0. The maximum atomic E-state index is 5.66. The first-order chi connectivity index (χ1) is 8.66. The van der Waals surface area contributed by atoms with Crippen LogP contribution < -0.4 is 14.2 Å². The van der Waals surface area contributed by atoms with Gasteiger partial charge in [0.15, 0.2) is 11.5 Å². The van der Waals surface area contributed by atoms with Gasteiger partial charge in [-0.05, 0) is 16.9 Å². The molecule has 0 aromatic heterocycles. The van der Waals surface area contributed by atoms with E-state index in [9.17, 15) is 0 Å². The van der Waals surface area contributed by atoms with Crippen LogP contribution in [-0.4, -0.2) is 13.9 Å². The van der Waals surface area contributed by atoms with Crippen molar-refractivity contribution in [2.45, 2.75) is 52.4 Å². The van der Waals surface area contributed by atoms with Crippen molar-refractivity contribution >= 4 is 0 Å². The van der Waals surface area contributed by atoms with Crippen LogP contribution in [-0.2, 0) is 10.8 Å². The van der Waals surface area contributed by atoms with Gasteiger partial charge in [0.2, 0.25) is 12.5 Å². The molecule has 0 amide bonds. The molecule has 0 radical (unpaired) electrons. The summed E-state index contributed by atoms with van der Waals surface area (Å²) in [5, 5.41) is 0. The number of methoxy groups -OCH3 is 1. The summed E-state index contributed by atoms with van der Waals surface area (Å²) < 4.78 is 16.9. The molecule has 1 aromatic carbocycles. The largest absolute Gasteiger partial charge is 0.492 e. The van der Waals surface area contributed by atoms with Gasteiger partial charge < -0.3 is 14.2 Å². The quantitative estimate of drug-likeness (QED) is 0.766. The van der Waals surface area contributed by atoms with Crippen molar-refractivity contribution in [3.63, 3.8) is 0 Å². The number of fused-ring (bicyclic) bond motifs is 1. The molecule has 3 nitrogen and oxygen atoms in total. The Morgan fingerprint density at radius 3 is 1.89 bits per heavy atom. The molecule has 3 heteroatoms. The Balaban J connectivity index is 2.76. The highest BCUT2D eigenvalue weighted by molar-refractivity contribution is 5.63. The van der Waals surface area contributed by atoms with E-state index in [0.29, 0.717) is 0 Å². The molecule has 1 aliphatic heterocycles. The van der Waals surface area contributed by atoms with E-state index in [1.807, 2.05) is 0 Å². The van der Waals surface area contributed by atoms with Crippen LogP contribution in [0.15, 0.2) is 6.07 Å². The molecule has 0 saturated carbocycles. The molecule has 0 aliphatic carbocycles.